The molecule has 3 nitrogen and oxygen atoms in total. The topological polar surface area (TPSA) is 30.5 Å². The van der Waals surface area contributed by atoms with Gasteiger partial charge in [-0.1, -0.05) is 23.7 Å². The molecule has 1 unspecified atom stereocenters. The summed E-state index contributed by atoms with van der Waals surface area (Å²) in [6.45, 7) is 9.56. The van der Waals surface area contributed by atoms with Gasteiger partial charge in [0.15, 0.2) is 0 Å². The molecule has 0 saturated carbocycles. The van der Waals surface area contributed by atoms with Crippen molar-refractivity contribution >= 4 is 11.6 Å². The van der Waals surface area contributed by atoms with E-state index < -0.39 is 0 Å². The molecule has 1 atom stereocenters. The highest BCUT2D eigenvalue weighted by molar-refractivity contribution is 6.32. The third kappa shape index (κ3) is 5.81. The molecule has 1 rings (SSSR count). The van der Waals surface area contributed by atoms with Crippen LogP contribution >= 0.6 is 11.6 Å². The summed E-state index contributed by atoms with van der Waals surface area (Å²) in [6, 6.07) is 5.81. The molecule has 0 aliphatic rings. The van der Waals surface area contributed by atoms with Gasteiger partial charge in [-0.25, -0.2) is 0 Å². The van der Waals surface area contributed by atoms with Crippen molar-refractivity contribution in [3.05, 3.63) is 28.8 Å². The maximum atomic E-state index is 6.21. The Morgan fingerprint density at radius 1 is 1.32 bits per heavy atom. The molecular formula is C15H24ClNO2. The van der Waals surface area contributed by atoms with Crippen molar-refractivity contribution in [1.29, 1.82) is 0 Å². The van der Waals surface area contributed by atoms with Gasteiger partial charge in [0.1, 0.15) is 12.4 Å². The van der Waals surface area contributed by atoms with Crippen LogP contribution in [0.5, 0.6) is 5.75 Å². The van der Waals surface area contributed by atoms with Crippen LogP contribution in [-0.2, 0) is 11.3 Å². The molecule has 0 heterocycles. The molecule has 0 aliphatic heterocycles. The zero-order valence-corrected chi connectivity index (χ0v) is 13.2. The van der Waals surface area contributed by atoms with E-state index in [1.807, 2.05) is 25.1 Å². The third-order valence-corrected chi connectivity index (χ3v) is 3.02. The fourth-order valence-corrected chi connectivity index (χ4v) is 1.73. The average Bonchev–Trinajstić information content (AvgIpc) is 2.33. The van der Waals surface area contributed by atoms with E-state index in [2.05, 4.69) is 26.1 Å². The number of para-hydroxylation sites is 1. The van der Waals surface area contributed by atoms with Gasteiger partial charge in [-0.05, 0) is 33.8 Å². The molecule has 0 radical (unpaired) electrons. The maximum Gasteiger partial charge on any atom is 0.142 e. The largest absolute Gasteiger partial charge is 0.489 e. The summed E-state index contributed by atoms with van der Waals surface area (Å²) in [5, 5.41) is 4.07. The summed E-state index contributed by atoms with van der Waals surface area (Å²) in [5.41, 5.74) is 1.12. The van der Waals surface area contributed by atoms with Crippen molar-refractivity contribution in [2.45, 2.75) is 45.9 Å². The molecule has 4 heteroatoms. The lowest BCUT2D eigenvalue weighted by molar-refractivity contribution is 0.0712. The number of rotatable bonds is 6. The molecule has 0 saturated heterocycles. The molecule has 1 aromatic rings. The van der Waals surface area contributed by atoms with E-state index in [4.69, 9.17) is 21.1 Å². The van der Waals surface area contributed by atoms with Crippen molar-refractivity contribution < 1.29 is 9.47 Å². The molecule has 0 fully saturated rings. The first-order valence-electron chi connectivity index (χ1n) is 6.51. The number of nitrogens with one attached hydrogen (secondary N) is 1. The number of hydrogen-bond donors (Lipinski definition) is 1. The van der Waals surface area contributed by atoms with E-state index in [-0.39, 0.29) is 11.6 Å². The molecule has 1 N–H and O–H groups in total. The first-order valence-corrected chi connectivity index (χ1v) is 6.89. The molecule has 19 heavy (non-hydrogen) atoms. The smallest absolute Gasteiger partial charge is 0.142 e. The number of halogens is 1. The highest BCUT2D eigenvalue weighted by Gasteiger charge is 2.13. The Balaban J connectivity index is 2.77. The standard InChI is InChI=1S/C15H24ClNO2/c1-11(18-5)10-19-14-12(7-6-8-13(14)16)9-17-15(2,3)4/h6-8,11,17H,9-10H2,1-5H3. The second-order valence-electron chi connectivity index (χ2n) is 5.69. The molecule has 0 amide bonds. The molecule has 0 aromatic heterocycles. The van der Waals surface area contributed by atoms with Crippen LogP contribution in [0.15, 0.2) is 18.2 Å². The van der Waals surface area contributed by atoms with Gasteiger partial charge < -0.3 is 14.8 Å². The Kier molecular flexibility index (Phi) is 6.11. The summed E-state index contributed by atoms with van der Waals surface area (Å²) in [6.07, 6.45) is 0.0414. The Hall–Kier alpha value is -0.770. The van der Waals surface area contributed by atoms with Gasteiger partial charge in [-0.15, -0.1) is 0 Å². The monoisotopic (exact) mass is 285 g/mol. The third-order valence-electron chi connectivity index (χ3n) is 2.72. The van der Waals surface area contributed by atoms with Gasteiger partial charge in [-0.2, -0.15) is 0 Å². The van der Waals surface area contributed by atoms with Crippen molar-refractivity contribution in [3.63, 3.8) is 0 Å². The summed E-state index contributed by atoms with van der Waals surface area (Å²) in [7, 11) is 1.67. The molecule has 0 aliphatic carbocycles. The Labute approximate surface area is 121 Å². The second-order valence-corrected chi connectivity index (χ2v) is 6.10. The zero-order chi connectivity index (χ0) is 14.5. The van der Waals surface area contributed by atoms with Crippen molar-refractivity contribution in [1.82, 2.24) is 5.32 Å². The molecular weight excluding hydrogens is 262 g/mol. The Bertz CT molecular complexity index is 402. The number of ether oxygens (including phenoxy) is 2. The summed E-state index contributed by atoms with van der Waals surface area (Å²) < 4.78 is 11.0. The van der Waals surface area contributed by atoms with Crippen LogP contribution in [0, 0.1) is 0 Å². The minimum atomic E-state index is 0.0414. The van der Waals surface area contributed by atoms with Crippen LogP contribution in [-0.4, -0.2) is 25.4 Å². The van der Waals surface area contributed by atoms with Crippen molar-refractivity contribution in [2.75, 3.05) is 13.7 Å². The van der Waals surface area contributed by atoms with Crippen LogP contribution < -0.4 is 10.1 Å². The fraction of sp³-hybridized carbons (Fsp3) is 0.600. The predicted molar refractivity (Wildman–Crippen MR) is 80.0 cm³/mol. The van der Waals surface area contributed by atoms with Gasteiger partial charge in [0, 0.05) is 24.8 Å². The molecule has 1 aromatic carbocycles. The van der Waals surface area contributed by atoms with E-state index in [1.54, 1.807) is 7.11 Å². The lowest BCUT2D eigenvalue weighted by Gasteiger charge is -2.22. The van der Waals surface area contributed by atoms with Gasteiger partial charge in [0.05, 0.1) is 11.1 Å². The van der Waals surface area contributed by atoms with E-state index in [0.717, 1.165) is 17.9 Å². The lowest BCUT2D eigenvalue weighted by Crippen LogP contribution is -2.35. The van der Waals surface area contributed by atoms with Crippen LogP contribution in [0.4, 0.5) is 0 Å². The van der Waals surface area contributed by atoms with E-state index in [9.17, 15) is 0 Å². The van der Waals surface area contributed by atoms with Crippen molar-refractivity contribution in [3.8, 4) is 5.75 Å². The summed E-state index contributed by atoms with van der Waals surface area (Å²) >= 11 is 6.21. The summed E-state index contributed by atoms with van der Waals surface area (Å²) in [5.74, 6) is 0.741. The first kappa shape index (κ1) is 16.3. The van der Waals surface area contributed by atoms with Crippen LogP contribution in [0.3, 0.4) is 0 Å². The van der Waals surface area contributed by atoms with Gasteiger partial charge in [-0.3, -0.25) is 0 Å². The number of benzene rings is 1. The van der Waals surface area contributed by atoms with E-state index in [0.29, 0.717) is 11.6 Å². The zero-order valence-electron chi connectivity index (χ0n) is 12.4. The van der Waals surface area contributed by atoms with Crippen LogP contribution in [0.2, 0.25) is 5.02 Å². The van der Waals surface area contributed by atoms with Crippen molar-refractivity contribution in [2.24, 2.45) is 0 Å². The van der Waals surface area contributed by atoms with E-state index in [1.165, 1.54) is 0 Å². The quantitative estimate of drug-likeness (QED) is 0.865. The van der Waals surface area contributed by atoms with Gasteiger partial charge >= 0.3 is 0 Å². The Morgan fingerprint density at radius 2 is 2.00 bits per heavy atom. The summed E-state index contributed by atoms with van der Waals surface area (Å²) in [4.78, 5) is 0. The predicted octanol–water partition coefficient (Wildman–Crippen LogP) is 3.64. The minimum Gasteiger partial charge on any atom is -0.489 e. The minimum absolute atomic E-state index is 0.0414. The first-order chi connectivity index (χ1) is 8.83. The lowest BCUT2D eigenvalue weighted by atomic mass is 10.1. The Morgan fingerprint density at radius 3 is 2.58 bits per heavy atom. The number of methoxy groups -OCH3 is 1. The SMILES string of the molecule is COC(C)COc1c(Cl)cccc1CNC(C)(C)C. The average molecular weight is 286 g/mol. The molecule has 0 bridgehead atoms. The van der Waals surface area contributed by atoms with Gasteiger partial charge in [0.25, 0.3) is 0 Å². The van der Waals surface area contributed by atoms with E-state index >= 15 is 0 Å². The normalized spacial score (nSPS) is 13.4. The van der Waals surface area contributed by atoms with Crippen LogP contribution in [0.1, 0.15) is 33.3 Å². The highest BCUT2D eigenvalue weighted by Crippen LogP contribution is 2.29. The fourth-order valence-electron chi connectivity index (χ4n) is 1.48. The highest BCUT2D eigenvalue weighted by atomic mass is 35.5. The number of hydrogen-bond acceptors (Lipinski definition) is 3. The molecule has 108 valence electrons. The maximum absolute atomic E-state index is 6.21. The second kappa shape index (κ2) is 7.13. The van der Waals surface area contributed by atoms with Gasteiger partial charge in [0.2, 0.25) is 0 Å². The molecule has 0 spiro atoms. The van der Waals surface area contributed by atoms with Crippen LogP contribution in [0.25, 0.3) is 0 Å².